The van der Waals surface area contributed by atoms with Crippen LogP contribution in [0.2, 0.25) is 0 Å². The number of fused-ring (bicyclic) bond motifs is 3. The van der Waals surface area contributed by atoms with Gasteiger partial charge in [0.15, 0.2) is 5.82 Å². The maximum atomic E-state index is 13.6. The van der Waals surface area contributed by atoms with Crippen molar-refractivity contribution in [3.8, 4) is 11.4 Å². The number of hydrogen-bond donors (Lipinski definition) is 1. The number of imidazole rings is 1. The SMILES string of the molecule is CCn1c(C(=O)N(C2CC2)C2CC2)cc2c3ncnc-3c(Nc3cc(C)on3)n(C)c21. The summed E-state index contributed by atoms with van der Waals surface area (Å²) in [6.45, 7) is 4.61. The highest BCUT2D eigenvalue weighted by Crippen LogP contribution is 2.41. The van der Waals surface area contributed by atoms with Crippen LogP contribution in [0.4, 0.5) is 11.6 Å². The quantitative estimate of drug-likeness (QED) is 0.512. The summed E-state index contributed by atoms with van der Waals surface area (Å²) in [6, 6.07) is 4.65. The van der Waals surface area contributed by atoms with E-state index in [4.69, 9.17) is 4.52 Å². The molecule has 0 saturated heterocycles. The molecule has 0 unspecified atom stereocenters. The second-order valence-electron chi connectivity index (χ2n) is 8.61. The van der Waals surface area contributed by atoms with Crippen molar-refractivity contribution >= 4 is 28.6 Å². The number of carbonyl (C=O) groups is 1. The number of carbonyl (C=O) groups excluding carboxylic acids is 1. The van der Waals surface area contributed by atoms with Gasteiger partial charge >= 0.3 is 0 Å². The van der Waals surface area contributed by atoms with E-state index >= 15 is 0 Å². The van der Waals surface area contributed by atoms with Crippen LogP contribution in [0.3, 0.4) is 0 Å². The fraction of sp³-hybridized carbons (Fsp3) is 0.455. The van der Waals surface area contributed by atoms with Crippen molar-refractivity contribution in [3.05, 3.63) is 29.9 Å². The van der Waals surface area contributed by atoms with Crippen molar-refractivity contribution in [2.45, 2.75) is 58.2 Å². The molecule has 2 fully saturated rings. The van der Waals surface area contributed by atoms with Crippen LogP contribution in [-0.2, 0) is 13.6 Å². The Balaban J connectivity index is 1.53. The number of nitrogens with zero attached hydrogens (tertiary/aromatic N) is 6. The van der Waals surface area contributed by atoms with Crippen LogP contribution >= 0.6 is 0 Å². The van der Waals surface area contributed by atoms with Crippen molar-refractivity contribution in [1.82, 2.24) is 29.2 Å². The van der Waals surface area contributed by atoms with E-state index < -0.39 is 0 Å². The minimum absolute atomic E-state index is 0.136. The molecule has 6 rings (SSSR count). The van der Waals surface area contributed by atoms with Crippen LogP contribution in [0.15, 0.2) is 23.0 Å². The molecule has 1 amide bonds. The Hall–Kier alpha value is -3.36. The average molecular weight is 419 g/mol. The Morgan fingerprint density at radius 3 is 2.52 bits per heavy atom. The molecule has 0 aromatic carbocycles. The fourth-order valence-electron chi connectivity index (χ4n) is 4.63. The lowest BCUT2D eigenvalue weighted by molar-refractivity contribution is 0.0719. The van der Waals surface area contributed by atoms with Gasteiger partial charge in [-0.25, -0.2) is 9.97 Å². The van der Waals surface area contributed by atoms with Crippen LogP contribution in [0, 0.1) is 6.92 Å². The van der Waals surface area contributed by atoms with Gasteiger partial charge in [-0.05, 0) is 45.6 Å². The Morgan fingerprint density at radius 1 is 1.19 bits per heavy atom. The van der Waals surface area contributed by atoms with Gasteiger partial charge in [-0.2, -0.15) is 0 Å². The minimum atomic E-state index is 0.136. The maximum absolute atomic E-state index is 13.6. The van der Waals surface area contributed by atoms with Gasteiger partial charge in [-0.15, -0.1) is 0 Å². The first-order chi connectivity index (χ1) is 15.1. The fourth-order valence-corrected chi connectivity index (χ4v) is 4.63. The molecule has 1 N–H and O–H groups in total. The zero-order chi connectivity index (χ0) is 21.3. The molecule has 2 aliphatic carbocycles. The van der Waals surface area contributed by atoms with Crippen molar-refractivity contribution in [1.29, 1.82) is 0 Å². The molecule has 0 atom stereocenters. The summed E-state index contributed by atoms with van der Waals surface area (Å²) in [5.74, 6) is 2.23. The van der Waals surface area contributed by atoms with E-state index in [2.05, 4.69) is 36.8 Å². The number of pyridine rings is 1. The molecule has 31 heavy (non-hydrogen) atoms. The lowest BCUT2D eigenvalue weighted by Crippen LogP contribution is -2.36. The molecule has 2 aromatic heterocycles. The van der Waals surface area contributed by atoms with E-state index in [0.717, 1.165) is 65.4 Å². The highest BCUT2D eigenvalue weighted by Gasteiger charge is 2.43. The molecule has 4 heterocycles. The molecule has 9 nitrogen and oxygen atoms in total. The summed E-state index contributed by atoms with van der Waals surface area (Å²) in [5, 5.41) is 8.33. The summed E-state index contributed by atoms with van der Waals surface area (Å²) in [5.41, 5.74) is 3.18. The first-order valence-corrected chi connectivity index (χ1v) is 10.9. The molecule has 0 spiro atoms. The highest BCUT2D eigenvalue weighted by molar-refractivity contribution is 6.04. The third-order valence-electron chi connectivity index (χ3n) is 6.32. The van der Waals surface area contributed by atoms with Crippen LogP contribution in [-0.4, -0.2) is 47.1 Å². The number of amides is 1. The van der Waals surface area contributed by atoms with Crippen LogP contribution in [0.5, 0.6) is 0 Å². The van der Waals surface area contributed by atoms with Crippen molar-refractivity contribution in [2.24, 2.45) is 7.05 Å². The van der Waals surface area contributed by atoms with Gasteiger partial charge in [-0.1, -0.05) is 5.16 Å². The van der Waals surface area contributed by atoms with E-state index in [-0.39, 0.29) is 5.91 Å². The van der Waals surface area contributed by atoms with E-state index in [1.165, 1.54) is 0 Å². The van der Waals surface area contributed by atoms with Gasteiger partial charge in [0, 0.05) is 37.1 Å². The van der Waals surface area contributed by atoms with E-state index in [1.54, 1.807) is 6.33 Å². The van der Waals surface area contributed by atoms with E-state index in [0.29, 0.717) is 24.4 Å². The standard InChI is InChI=1S/C22H25N7O2/c1-4-28-16(22(30)29(13-5-6-13)14-7-8-14)10-15-18-19(24-11-23-18)20(27(3)21(15)28)25-17-9-12(2)31-26-17/h9-11,13-14H,4-8H2,1-3H3,(H,25,26). The van der Waals surface area contributed by atoms with Gasteiger partial charge in [0.25, 0.3) is 5.91 Å². The topological polar surface area (TPSA) is 94.0 Å². The zero-order valence-corrected chi connectivity index (χ0v) is 17.9. The summed E-state index contributed by atoms with van der Waals surface area (Å²) >= 11 is 0. The van der Waals surface area contributed by atoms with Gasteiger partial charge < -0.3 is 23.9 Å². The van der Waals surface area contributed by atoms with E-state index in [1.807, 2.05) is 30.7 Å². The summed E-state index contributed by atoms with van der Waals surface area (Å²) < 4.78 is 9.34. The average Bonchev–Trinajstić information content (AvgIpc) is 3.64. The number of anilines is 2. The van der Waals surface area contributed by atoms with Gasteiger partial charge in [0.05, 0.1) is 0 Å². The normalized spacial score (nSPS) is 16.4. The first-order valence-electron chi connectivity index (χ1n) is 10.9. The zero-order valence-electron chi connectivity index (χ0n) is 17.9. The molecule has 4 aliphatic rings. The minimum Gasteiger partial charge on any atom is -0.360 e. The van der Waals surface area contributed by atoms with E-state index in [9.17, 15) is 4.79 Å². The van der Waals surface area contributed by atoms with Crippen LogP contribution < -0.4 is 5.32 Å². The third-order valence-corrected chi connectivity index (χ3v) is 6.32. The van der Waals surface area contributed by atoms with Crippen molar-refractivity contribution in [3.63, 3.8) is 0 Å². The third kappa shape index (κ3) is 2.83. The van der Waals surface area contributed by atoms with Gasteiger partial charge in [0.1, 0.15) is 40.6 Å². The molecular formula is C22H25N7O2. The summed E-state index contributed by atoms with van der Waals surface area (Å²) in [6.07, 6.45) is 6.03. The molecular weight excluding hydrogens is 394 g/mol. The molecule has 2 aliphatic heterocycles. The molecule has 160 valence electrons. The van der Waals surface area contributed by atoms with Crippen molar-refractivity contribution in [2.75, 3.05) is 5.32 Å². The number of aryl methyl sites for hydroxylation is 3. The van der Waals surface area contributed by atoms with Gasteiger partial charge in [0.2, 0.25) is 0 Å². The lowest BCUT2D eigenvalue weighted by Gasteiger charge is -2.23. The highest BCUT2D eigenvalue weighted by atomic mass is 16.5. The predicted octanol–water partition coefficient (Wildman–Crippen LogP) is 3.70. The smallest absolute Gasteiger partial charge is 0.271 e. The maximum Gasteiger partial charge on any atom is 0.271 e. The second kappa shape index (κ2) is 6.57. The molecule has 2 aromatic rings. The first kappa shape index (κ1) is 18.4. The summed E-state index contributed by atoms with van der Waals surface area (Å²) in [7, 11) is 1.98. The number of rotatable bonds is 6. The largest absolute Gasteiger partial charge is 0.360 e. The number of hydrogen-bond acceptors (Lipinski definition) is 6. The second-order valence-corrected chi connectivity index (χ2v) is 8.61. The number of aromatic nitrogens is 5. The number of nitrogens with one attached hydrogen (secondary N) is 1. The molecule has 0 radical (unpaired) electrons. The lowest BCUT2D eigenvalue weighted by atomic mass is 10.2. The monoisotopic (exact) mass is 419 g/mol. The Kier molecular flexibility index (Phi) is 3.90. The summed E-state index contributed by atoms with van der Waals surface area (Å²) in [4.78, 5) is 24.8. The van der Waals surface area contributed by atoms with Crippen LogP contribution in [0.25, 0.3) is 22.4 Å². The molecule has 2 saturated carbocycles. The predicted molar refractivity (Wildman–Crippen MR) is 116 cm³/mol. The Morgan fingerprint density at radius 2 is 1.90 bits per heavy atom. The molecule has 9 heteroatoms. The Bertz CT molecular complexity index is 1260. The van der Waals surface area contributed by atoms with Crippen molar-refractivity contribution < 1.29 is 9.32 Å². The van der Waals surface area contributed by atoms with Crippen LogP contribution in [0.1, 0.15) is 48.9 Å². The molecule has 0 bridgehead atoms. The van der Waals surface area contributed by atoms with Gasteiger partial charge in [-0.3, -0.25) is 4.79 Å². The Labute approximate surface area is 179 Å².